The summed E-state index contributed by atoms with van der Waals surface area (Å²) < 4.78 is 5.57. The number of nitrogens with one attached hydrogen (secondary N) is 1. The summed E-state index contributed by atoms with van der Waals surface area (Å²) in [6.45, 7) is 11.5. The number of hydrogen-bond donors (Lipinski definition) is 1. The summed E-state index contributed by atoms with van der Waals surface area (Å²) in [7, 11) is 0. The van der Waals surface area contributed by atoms with Gasteiger partial charge in [0.05, 0.1) is 6.10 Å². The fraction of sp³-hybridized carbons (Fsp3) is 0.600. The minimum absolute atomic E-state index is 0.312. The maximum absolute atomic E-state index is 5.57. The molecule has 0 saturated heterocycles. The van der Waals surface area contributed by atoms with Crippen LogP contribution in [0.1, 0.15) is 38.3 Å². The third-order valence-electron chi connectivity index (χ3n) is 3.01. The minimum Gasteiger partial charge on any atom is -0.382 e. The average Bonchev–Trinajstić information content (AvgIpc) is 2.24. The molecule has 0 aromatic heterocycles. The predicted octanol–water partition coefficient (Wildman–Crippen LogP) is 3.92. The van der Waals surface area contributed by atoms with E-state index in [2.05, 4.69) is 51.2 Å². The van der Waals surface area contributed by atoms with Crippen LogP contribution in [0.3, 0.4) is 0 Å². The van der Waals surface area contributed by atoms with E-state index >= 15 is 0 Å². The lowest BCUT2D eigenvalue weighted by atomic mass is 10.1. The van der Waals surface area contributed by atoms with Crippen molar-refractivity contribution in [2.75, 3.05) is 11.9 Å². The first-order chi connectivity index (χ1) is 8.04. The SMILES string of the molecule is CCOC(C)CC(C)Nc1c(C)cccc1C. The van der Waals surface area contributed by atoms with Crippen molar-refractivity contribution in [2.24, 2.45) is 0 Å². The van der Waals surface area contributed by atoms with Crippen molar-refractivity contribution in [2.45, 2.75) is 53.2 Å². The Morgan fingerprint density at radius 1 is 1.18 bits per heavy atom. The van der Waals surface area contributed by atoms with Gasteiger partial charge in [-0.25, -0.2) is 0 Å². The molecule has 0 aliphatic rings. The Labute approximate surface area is 105 Å². The van der Waals surface area contributed by atoms with Gasteiger partial charge in [-0.15, -0.1) is 0 Å². The Balaban J connectivity index is 2.59. The number of anilines is 1. The van der Waals surface area contributed by atoms with E-state index in [1.165, 1.54) is 16.8 Å². The van der Waals surface area contributed by atoms with Gasteiger partial charge in [-0.3, -0.25) is 0 Å². The first-order valence-corrected chi connectivity index (χ1v) is 6.49. The molecule has 1 rings (SSSR count). The summed E-state index contributed by atoms with van der Waals surface area (Å²) >= 11 is 0. The highest BCUT2D eigenvalue weighted by Gasteiger charge is 2.10. The molecule has 0 radical (unpaired) electrons. The van der Waals surface area contributed by atoms with E-state index in [9.17, 15) is 0 Å². The van der Waals surface area contributed by atoms with E-state index in [1.807, 2.05) is 6.92 Å². The van der Waals surface area contributed by atoms with Crippen LogP contribution in [0.4, 0.5) is 5.69 Å². The molecule has 2 unspecified atom stereocenters. The Kier molecular flexibility index (Phi) is 5.49. The molecule has 0 aliphatic carbocycles. The van der Waals surface area contributed by atoms with Crippen LogP contribution in [-0.4, -0.2) is 18.8 Å². The smallest absolute Gasteiger partial charge is 0.0566 e. The zero-order chi connectivity index (χ0) is 12.8. The lowest BCUT2D eigenvalue weighted by Gasteiger charge is -2.22. The zero-order valence-electron chi connectivity index (χ0n) is 11.7. The van der Waals surface area contributed by atoms with Crippen LogP contribution in [-0.2, 0) is 4.74 Å². The maximum Gasteiger partial charge on any atom is 0.0566 e. The van der Waals surface area contributed by atoms with Gasteiger partial charge in [0.15, 0.2) is 0 Å². The van der Waals surface area contributed by atoms with Crippen molar-refractivity contribution in [3.63, 3.8) is 0 Å². The summed E-state index contributed by atoms with van der Waals surface area (Å²) in [5.41, 5.74) is 3.88. The van der Waals surface area contributed by atoms with Crippen LogP contribution < -0.4 is 5.32 Å². The van der Waals surface area contributed by atoms with Crippen molar-refractivity contribution in [1.29, 1.82) is 0 Å². The number of hydrogen-bond acceptors (Lipinski definition) is 2. The van der Waals surface area contributed by atoms with E-state index in [-0.39, 0.29) is 0 Å². The lowest BCUT2D eigenvalue weighted by molar-refractivity contribution is 0.0678. The van der Waals surface area contributed by atoms with Crippen molar-refractivity contribution < 1.29 is 4.74 Å². The van der Waals surface area contributed by atoms with Gasteiger partial charge in [-0.1, -0.05) is 18.2 Å². The molecule has 0 fully saturated rings. The molecule has 96 valence electrons. The fourth-order valence-corrected chi connectivity index (χ4v) is 2.20. The lowest BCUT2D eigenvalue weighted by Crippen LogP contribution is -2.23. The van der Waals surface area contributed by atoms with Crippen LogP contribution in [0.2, 0.25) is 0 Å². The quantitative estimate of drug-likeness (QED) is 0.807. The van der Waals surface area contributed by atoms with Crippen molar-refractivity contribution >= 4 is 5.69 Å². The molecule has 1 aromatic carbocycles. The first-order valence-electron chi connectivity index (χ1n) is 6.49. The Bertz CT molecular complexity index is 329. The second kappa shape index (κ2) is 6.65. The molecule has 1 aromatic rings. The molecule has 0 amide bonds. The molecular weight excluding hydrogens is 210 g/mol. The number of ether oxygens (including phenoxy) is 1. The third-order valence-corrected chi connectivity index (χ3v) is 3.01. The van der Waals surface area contributed by atoms with Crippen LogP contribution in [0.25, 0.3) is 0 Å². The standard InChI is InChI=1S/C15H25NO/c1-6-17-14(5)10-13(4)16-15-11(2)8-7-9-12(15)3/h7-9,13-14,16H,6,10H2,1-5H3. The van der Waals surface area contributed by atoms with E-state index in [0.29, 0.717) is 12.1 Å². The van der Waals surface area contributed by atoms with Crippen molar-refractivity contribution in [3.05, 3.63) is 29.3 Å². The molecule has 2 atom stereocenters. The normalized spacial score (nSPS) is 14.4. The van der Waals surface area contributed by atoms with Gasteiger partial charge in [0, 0.05) is 18.3 Å². The molecule has 0 saturated carbocycles. The number of benzene rings is 1. The van der Waals surface area contributed by atoms with Crippen molar-refractivity contribution in [1.82, 2.24) is 0 Å². The number of para-hydroxylation sites is 1. The monoisotopic (exact) mass is 235 g/mol. The maximum atomic E-state index is 5.57. The molecule has 17 heavy (non-hydrogen) atoms. The second-order valence-electron chi connectivity index (χ2n) is 4.81. The van der Waals surface area contributed by atoms with Gasteiger partial charge in [0.1, 0.15) is 0 Å². The molecule has 2 nitrogen and oxygen atoms in total. The summed E-state index contributed by atoms with van der Waals surface area (Å²) in [6, 6.07) is 6.82. The van der Waals surface area contributed by atoms with Gasteiger partial charge < -0.3 is 10.1 Å². The Morgan fingerprint density at radius 3 is 2.29 bits per heavy atom. The fourth-order valence-electron chi connectivity index (χ4n) is 2.20. The van der Waals surface area contributed by atoms with Gasteiger partial charge in [-0.05, 0) is 52.2 Å². The second-order valence-corrected chi connectivity index (χ2v) is 4.81. The Morgan fingerprint density at radius 2 is 1.76 bits per heavy atom. The first kappa shape index (κ1) is 14.0. The molecule has 1 N–H and O–H groups in total. The highest BCUT2D eigenvalue weighted by Crippen LogP contribution is 2.21. The molecule has 0 bridgehead atoms. The molecule has 0 heterocycles. The van der Waals surface area contributed by atoms with Gasteiger partial charge >= 0.3 is 0 Å². The largest absolute Gasteiger partial charge is 0.382 e. The summed E-state index contributed by atoms with van der Waals surface area (Å²) in [5.74, 6) is 0. The highest BCUT2D eigenvalue weighted by molar-refractivity contribution is 5.57. The molecule has 0 aliphatic heterocycles. The van der Waals surface area contributed by atoms with Crippen LogP contribution >= 0.6 is 0 Å². The molecular formula is C15H25NO. The summed E-state index contributed by atoms with van der Waals surface area (Å²) in [6.07, 6.45) is 1.34. The van der Waals surface area contributed by atoms with Crippen LogP contribution in [0.15, 0.2) is 18.2 Å². The highest BCUT2D eigenvalue weighted by atomic mass is 16.5. The van der Waals surface area contributed by atoms with Gasteiger partial charge in [0.25, 0.3) is 0 Å². The third kappa shape index (κ3) is 4.39. The minimum atomic E-state index is 0.312. The topological polar surface area (TPSA) is 21.3 Å². The van der Waals surface area contributed by atoms with Crippen LogP contribution in [0, 0.1) is 13.8 Å². The van der Waals surface area contributed by atoms with Gasteiger partial charge in [0.2, 0.25) is 0 Å². The molecule has 0 spiro atoms. The summed E-state index contributed by atoms with van der Waals surface area (Å²) in [4.78, 5) is 0. The van der Waals surface area contributed by atoms with E-state index in [0.717, 1.165) is 13.0 Å². The average molecular weight is 235 g/mol. The van der Waals surface area contributed by atoms with Crippen LogP contribution in [0.5, 0.6) is 0 Å². The number of rotatable bonds is 6. The Hall–Kier alpha value is -1.02. The molecule has 2 heteroatoms. The van der Waals surface area contributed by atoms with Crippen molar-refractivity contribution in [3.8, 4) is 0 Å². The van der Waals surface area contributed by atoms with E-state index in [4.69, 9.17) is 4.74 Å². The summed E-state index contributed by atoms with van der Waals surface area (Å²) in [5, 5.41) is 3.59. The van der Waals surface area contributed by atoms with E-state index in [1.54, 1.807) is 0 Å². The predicted molar refractivity (Wildman–Crippen MR) is 74.7 cm³/mol. The zero-order valence-corrected chi connectivity index (χ0v) is 11.7. The number of aryl methyl sites for hydroxylation is 2. The van der Waals surface area contributed by atoms with E-state index < -0.39 is 0 Å². The van der Waals surface area contributed by atoms with Gasteiger partial charge in [-0.2, -0.15) is 0 Å².